The van der Waals surface area contributed by atoms with Crippen LogP contribution in [0.5, 0.6) is 5.75 Å². The minimum atomic E-state index is -0.350. The molecule has 2 N–H and O–H groups in total. The van der Waals surface area contributed by atoms with Gasteiger partial charge in [0.25, 0.3) is 11.5 Å². The van der Waals surface area contributed by atoms with Crippen molar-refractivity contribution in [1.29, 1.82) is 0 Å². The van der Waals surface area contributed by atoms with E-state index in [4.69, 9.17) is 0 Å². The second-order valence-electron chi connectivity index (χ2n) is 7.89. The van der Waals surface area contributed by atoms with E-state index in [1.54, 1.807) is 41.8 Å². The van der Waals surface area contributed by atoms with Gasteiger partial charge in [0, 0.05) is 12.1 Å². The molecule has 0 radical (unpaired) electrons. The maximum Gasteiger partial charge on any atom is 0.272 e. The molecule has 0 bridgehead atoms. The minimum absolute atomic E-state index is 0.0101. The number of carbonyl (C=O) groups excluding carboxylic acids is 1. The first-order chi connectivity index (χ1) is 13.1. The summed E-state index contributed by atoms with van der Waals surface area (Å²) >= 11 is 0. The predicted molar refractivity (Wildman–Crippen MR) is 111 cm³/mol. The van der Waals surface area contributed by atoms with Gasteiger partial charge in [-0.25, -0.2) is 4.98 Å². The Bertz CT molecular complexity index is 1120. The second-order valence-corrected chi connectivity index (χ2v) is 7.89. The number of hydrogen-bond acceptors (Lipinski definition) is 4. The molecule has 0 aliphatic carbocycles. The Hall–Kier alpha value is -3.15. The van der Waals surface area contributed by atoms with E-state index in [0.717, 1.165) is 5.56 Å². The maximum atomic E-state index is 12.8. The zero-order chi connectivity index (χ0) is 20.6. The van der Waals surface area contributed by atoms with Crippen LogP contribution in [0.3, 0.4) is 0 Å². The van der Waals surface area contributed by atoms with Crippen molar-refractivity contribution in [2.45, 2.75) is 46.6 Å². The zero-order valence-electron chi connectivity index (χ0n) is 16.8. The lowest BCUT2D eigenvalue weighted by atomic mass is 9.87. The van der Waals surface area contributed by atoms with E-state index in [1.165, 1.54) is 0 Å². The molecule has 0 atom stereocenters. The number of amides is 1. The van der Waals surface area contributed by atoms with E-state index < -0.39 is 0 Å². The summed E-state index contributed by atoms with van der Waals surface area (Å²) in [5.74, 6) is -0.340. The summed E-state index contributed by atoms with van der Waals surface area (Å²) in [4.78, 5) is 29.3. The van der Waals surface area contributed by atoms with Gasteiger partial charge < -0.3 is 15.0 Å². The Morgan fingerprint density at radius 1 is 1.18 bits per heavy atom. The Kier molecular flexibility index (Phi) is 4.98. The van der Waals surface area contributed by atoms with Crippen molar-refractivity contribution in [1.82, 2.24) is 9.55 Å². The van der Waals surface area contributed by atoms with Crippen molar-refractivity contribution in [3.8, 4) is 5.75 Å². The number of nitrogens with one attached hydrogen (secondary N) is 1. The number of benzene rings is 2. The van der Waals surface area contributed by atoms with Gasteiger partial charge in [-0.3, -0.25) is 9.59 Å². The number of carbonyl (C=O) groups is 1. The number of aromatic hydroxyl groups is 1. The molecule has 0 saturated carbocycles. The molecule has 6 heteroatoms. The van der Waals surface area contributed by atoms with Gasteiger partial charge in [-0.15, -0.1) is 0 Å². The number of anilines is 1. The number of rotatable bonds is 3. The Morgan fingerprint density at radius 3 is 2.54 bits per heavy atom. The lowest BCUT2D eigenvalue weighted by Crippen LogP contribution is -2.23. The third-order valence-electron chi connectivity index (χ3n) is 4.80. The highest BCUT2D eigenvalue weighted by molar-refractivity contribution is 6.06. The third kappa shape index (κ3) is 3.63. The van der Waals surface area contributed by atoms with E-state index in [9.17, 15) is 14.7 Å². The molecule has 0 aliphatic rings. The van der Waals surface area contributed by atoms with Crippen molar-refractivity contribution in [3.63, 3.8) is 0 Å². The normalized spacial score (nSPS) is 11.6. The van der Waals surface area contributed by atoms with E-state index in [2.05, 4.69) is 31.1 Å². The first-order valence-electron chi connectivity index (χ1n) is 9.28. The largest absolute Gasteiger partial charge is 0.506 e. The van der Waals surface area contributed by atoms with Gasteiger partial charge in [-0.05, 0) is 55.2 Å². The molecule has 6 nitrogen and oxygen atoms in total. The van der Waals surface area contributed by atoms with Crippen LogP contribution in [-0.4, -0.2) is 20.6 Å². The number of aryl methyl sites for hydroxylation is 2. The number of nitrogens with zero attached hydrogens (tertiary/aromatic N) is 2. The van der Waals surface area contributed by atoms with E-state index >= 15 is 0 Å². The van der Waals surface area contributed by atoms with Gasteiger partial charge in [0.1, 0.15) is 11.4 Å². The molecule has 0 spiro atoms. The summed E-state index contributed by atoms with van der Waals surface area (Å²) in [6.45, 7) is 10.3. The molecule has 1 heterocycles. The van der Waals surface area contributed by atoms with Crippen LogP contribution in [0.4, 0.5) is 5.69 Å². The van der Waals surface area contributed by atoms with Gasteiger partial charge in [-0.1, -0.05) is 26.8 Å². The monoisotopic (exact) mass is 379 g/mol. The topological polar surface area (TPSA) is 84.2 Å². The molecule has 3 rings (SSSR count). The fourth-order valence-electron chi connectivity index (χ4n) is 3.13. The number of aromatic nitrogens is 2. The average Bonchev–Trinajstić information content (AvgIpc) is 2.63. The number of phenols is 1. The smallest absolute Gasteiger partial charge is 0.272 e. The Labute approximate surface area is 163 Å². The fraction of sp³-hybridized carbons (Fsp3) is 0.318. The summed E-state index contributed by atoms with van der Waals surface area (Å²) in [7, 11) is 0. The third-order valence-corrected chi connectivity index (χ3v) is 4.80. The fourth-order valence-corrected chi connectivity index (χ4v) is 3.13. The molecular weight excluding hydrogens is 354 g/mol. The van der Waals surface area contributed by atoms with Crippen LogP contribution < -0.4 is 10.9 Å². The SMILES string of the molecule is CCn1c(=O)c(C)nc2cc(C(=O)Nc3cc(C(C)(C)C)ccc3O)ccc21. The van der Waals surface area contributed by atoms with Gasteiger partial charge in [-0.2, -0.15) is 0 Å². The molecule has 1 aromatic heterocycles. The molecule has 0 aliphatic heterocycles. The maximum absolute atomic E-state index is 12.8. The van der Waals surface area contributed by atoms with E-state index in [-0.39, 0.29) is 22.6 Å². The molecular formula is C22H25N3O3. The summed E-state index contributed by atoms with van der Waals surface area (Å²) in [5.41, 5.74) is 3.19. The molecule has 1 amide bonds. The van der Waals surface area contributed by atoms with Gasteiger partial charge in [0.15, 0.2) is 0 Å². The zero-order valence-corrected chi connectivity index (χ0v) is 16.8. The molecule has 0 saturated heterocycles. The van der Waals surface area contributed by atoms with Crippen LogP contribution in [0.1, 0.15) is 49.3 Å². The highest BCUT2D eigenvalue weighted by Gasteiger charge is 2.17. The first kappa shape index (κ1) is 19.6. The Morgan fingerprint density at radius 2 is 1.89 bits per heavy atom. The molecule has 2 aromatic carbocycles. The molecule has 3 aromatic rings. The molecule has 0 fully saturated rings. The Balaban J connectivity index is 1.99. The average molecular weight is 379 g/mol. The minimum Gasteiger partial charge on any atom is -0.506 e. The predicted octanol–water partition coefficient (Wildman–Crippen LogP) is 3.98. The summed E-state index contributed by atoms with van der Waals surface area (Å²) < 4.78 is 1.64. The van der Waals surface area contributed by atoms with Crippen LogP contribution in [-0.2, 0) is 12.0 Å². The highest BCUT2D eigenvalue weighted by Crippen LogP contribution is 2.31. The second kappa shape index (κ2) is 7.11. The summed E-state index contributed by atoms with van der Waals surface area (Å²) in [6.07, 6.45) is 0. The summed E-state index contributed by atoms with van der Waals surface area (Å²) in [5, 5.41) is 12.9. The van der Waals surface area contributed by atoms with Crippen molar-refractivity contribution in [2.24, 2.45) is 0 Å². The molecule has 0 unspecified atom stereocenters. The van der Waals surface area contributed by atoms with Crippen molar-refractivity contribution >= 4 is 22.6 Å². The van der Waals surface area contributed by atoms with Crippen molar-refractivity contribution in [2.75, 3.05) is 5.32 Å². The number of phenolic OH excluding ortho intramolecular Hbond substituents is 1. The number of hydrogen-bond donors (Lipinski definition) is 2. The molecule has 146 valence electrons. The van der Waals surface area contributed by atoms with Crippen LogP contribution in [0.25, 0.3) is 11.0 Å². The van der Waals surface area contributed by atoms with Gasteiger partial charge in [0.2, 0.25) is 0 Å². The van der Waals surface area contributed by atoms with Gasteiger partial charge >= 0.3 is 0 Å². The van der Waals surface area contributed by atoms with E-state index in [0.29, 0.717) is 34.5 Å². The highest BCUT2D eigenvalue weighted by atomic mass is 16.3. The first-order valence-corrected chi connectivity index (χ1v) is 9.28. The lowest BCUT2D eigenvalue weighted by molar-refractivity contribution is 0.102. The van der Waals surface area contributed by atoms with Gasteiger partial charge in [0.05, 0.1) is 16.7 Å². The van der Waals surface area contributed by atoms with Crippen LogP contribution in [0.2, 0.25) is 0 Å². The van der Waals surface area contributed by atoms with Crippen LogP contribution >= 0.6 is 0 Å². The van der Waals surface area contributed by atoms with Crippen LogP contribution in [0, 0.1) is 6.92 Å². The summed E-state index contributed by atoms with van der Waals surface area (Å²) in [6, 6.07) is 10.3. The number of fused-ring (bicyclic) bond motifs is 1. The van der Waals surface area contributed by atoms with Crippen LogP contribution in [0.15, 0.2) is 41.2 Å². The quantitative estimate of drug-likeness (QED) is 0.674. The van der Waals surface area contributed by atoms with Crippen molar-refractivity contribution in [3.05, 3.63) is 63.6 Å². The molecule has 28 heavy (non-hydrogen) atoms. The lowest BCUT2D eigenvalue weighted by Gasteiger charge is -2.20. The van der Waals surface area contributed by atoms with E-state index in [1.807, 2.05) is 13.0 Å². The standard InChI is InChI=1S/C22H25N3O3/c1-6-25-18-9-7-14(11-16(18)23-13(2)21(25)28)20(27)24-17-12-15(22(3,4)5)8-10-19(17)26/h7-12,26H,6H2,1-5H3,(H,24,27). The van der Waals surface area contributed by atoms with Crippen molar-refractivity contribution < 1.29 is 9.90 Å².